The van der Waals surface area contributed by atoms with Crippen molar-refractivity contribution in [3.05, 3.63) is 40.6 Å². The van der Waals surface area contributed by atoms with E-state index in [0.717, 1.165) is 30.4 Å². The number of hydroxylamine groups is 1. The fraction of sp³-hybridized carbons (Fsp3) is 0.429. The summed E-state index contributed by atoms with van der Waals surface area (Å²) in [6.45, 7) is 0. The number of carboxylic acid groups (broad SMARTS) is 1. The lowest BCUT2D eigenvalue weighted by Gasteiger charge is -2.20. The summed E-state index contributed by atoms with van der Waals surface area (Å²) in [6, 6.07) is 6.59. The molecule has 1 aliphatic rings. The minimum Gasteiger partial charge on any atom is -0.624 e. The summed E-state index contributed by atoms with van der Waals surface area (Å²) in [4.78, 5) is 11.0. The van der Waals surface area contributed by atoms with E-state index in [1.807, 2.05) is 0 Å². The monoisotopic (exact) mass is 247 g/mol. The standard InChI is InChI=1S/C14H17NO3/c16-14(17)13-9-5-4-6-11(13)10-15(18)12-7-2-1-3-8-12/h4-6,9-10,12H,1-3,7-8H2,(H,16,17)/b15-10-. The Morgan fingerprint density at radius 1 is 1.28 bits per heavy atom. The third-order valence-corrected chi connectivity index (χ3v) is 3.39. The molecule has 1 N–H and O–H groups in total. The van der Waals surface area contributed by atoms with E-state index in [9.17, 15) is 10.0 Å². The van der Waals surface area contributed by atoms with Crippen LogP contribution in [-0.4, -0.2) is 28.1 Å². The number of hydrogen-bond acceptors (Lipinski definition) is 2. The van der Waals surface area contributed by atoms with Gasteiger partial charge < -0.3 is 10.3 Å². The molecular formula is C14H17NO3. The van der Waals surface area contributed by atoms with Crippen molar-refractivity contribution in [2.45, 2.75) is 38.1 Å². The van der Waals surface area contributed by atoms with Crippen LogP contribution in [0.4, 0.5) is 0 Å². The number of nitrogens with zero attached hydrogens (tertiary/aromatic N) is 1. The highest BCUT2D eigenvalue weighted by molar-refractivity contribution is 5.97. The molecule has 4 heteroatoms. The van der Waals surface area contributed by atoms with Gasteiger partial charge >= 0.3 is 5.97 Å². The van der Waals surface area contributed by atoms with Gasteiger partial charge in [0.1, 0.15) is 0 Å². The summed E-state index contributed by atoms with van der Waals surface area (Å²) in [5, 5.41) is 21.1. The first-order valence-electron chi connectivity index (χ1n) is 6.31. The Bertz CT molecular complexity index is 462. The normalized spacial score (nSPS) is 17.7. The largest absolute Gasteiger partial charge is 0.624 e. The van der Waals surface area contributed by atoms with Crippen LogP contribution in [0.5, 0.6) is 0 Å². The van der Waals surface area contributed by atoms with Gasteiger partial charge in [-0.2, -0.15) is 0 Å². The molecule has 1 aromatic rings. The molecule has 4 nitrogen and oxygen atoms in total. The molecule has 0 atom stereocenters. The van der Waals surface area contributed by atoms with Crippen molar-refractivity contribution < 1.29 is 14.6 Å². The van der Waals surface area contributed by atoms with Gasteiger partial charge in [0.2, 0.25) is 0 Å². The maximum absolute atomic E-state index is 12.0. The molecule has 1 aromatic carbocycles. The molecular weight excluding hydrogens is 230 g/mol. The molecule has 0 amide bonds. The molecule has 0 radical (unpaired) electrons. The zero-order valence-corrected chi connectivity index (χ0v) is 10.2. The van der Waals surface area contributed by atoms with Gasteiger partial charge in [0, 0.05) is 12.8 Å². The van der Waals surface area contributed by atoms with Crippen LogP contribution in [0.2, 0.25) is 0 Å². The number of rotatable bonds is 3. The fourth-order valence-corrected chi connectivity index (χ4v) is 2.38. The van der Waals surface area contributed by atoms with Crippen molar-refractivity contribution in [2.75, 3.05) is 0 Å². The molecule has 0 aliphatic heterocycles. The third-order valence-electron chi connectivity index (χ3n) is 3.39. The van der Waals surface area contributed by atoms with Crippen molar-refractivity contribution in [1.29, 1.82) is 0 Å². The highest BCUT2D eigenvalue weighted by Crippen LogP contribution is 2.20. The number of carboxylic acids is 1. The molecule has 0 unspecified atom stereocenters. The molecule has 2 rings (SSSR count). The van der Waals surface area contributed by atoms with E-state index in [4.69, 9.17) is 5.11 Å². The molecule has 18 heavy (non-hydrogen) atoms. The summed E-state index contributed by atoms with van der Waals surface area (Å²) >= 11 is 0. The maximum atomic E-state index is 12.0. The van der Waals surface area contributed by atoms with E-state index in [2.05, 4.69) is 0 Å². The van der Waals surface area contributed by atoms with Crippen LogP contribution in [-0.2, 0) is 0 Å². The van der Waals surface area contributed by atoms with Gasteiger partial charge in [-0.3, -0.25) is 0 Å². The Hall–Kier alpha value is -1.84. The number of hydrogen-bond donors (Lipinski definition) is 1. The number of aromatic carboxylic acids is 1. The lowest BCUT2D eigenvalue weighted by atomic mass is 9.96. The number of carbonyl (C=O) groups is 1. The minimum absolute atomic E-state index is 0.000557. The first-order chi connectivity index (χ1) is 8.68. The second kappa shape index (κ2) is 5.67. The van der Waals surface area contributed by atoms with Gasteiger partial charge in [0.15, 0.2) is 12.3 Å². The van der Waals surface area contributed by atoms with Crippen LogP contribution in [0.15, 0.2) is 24.3 Å². The van der Waals surface area contributed by atoms with E-state index < -0.39 is 5.97 Å². The highest BCUT2D eigenvalue weighted by atomic mass is 16.5. The van der Waals surface area contributed by atoms with Gasteiger partial charge in [-0.25, -0.2) is 9.53 Å². The number of benzene rings is 1. The van der Waals surface area contributed by atoms with Crippen LogP contribution in [0.1, 0.15) is 48.0 Å². The quantitative estimate of drug-likeness (QED) is 0.386. The maximum Gasteiger partial charge on any atom is 0.336 e. The van der Waals surface area contributed by atoms with Crippen molar-refractivity contribution in [2.24, 2.45) is 0 Å². The summed E-state index contributed by atoms with van der Waals surface area (Å²) < 4.78 is 0.931. The SMILES string of the molecule is O=C(O)c1ccccc1/C=[N+](\[O-])C1CCCCC1. The van der Waals surface area contributed by atoms with Crippen LogP contribution in [0.25, 0.3) is 0 Å². The molecule has 96 valence electrons. The Morgan fingerprint density at radius 3 is 2.61 bits per heavy atom. The predicted molar refractivity (Wildman–Crippen MR) is 69.1 cm³/mol. The Balaban J connectivity index is 2.23. The third kappa shape index (κ3) is 2.88. The summed E-state index contributed by atoms with van der Waals surface area (Å²) in [7, 11) is 0. The van der Waals surface area contributed by atoms with Gasteiger partial charge in [0.05, 0.1) is 11.1 Å². The van der Waals surface area contributed by atoms with Crippen molar-refractivity contribution in [3.8, 4) is 0 Å². The fourth-order valence-electron chi connectivity index (χ4n) is 2.38. The second-order valence-electron chi connectivity index (χ2n) is 4.67. The smallest absolute Gasteiger partial charge is 0.336 e. The topological polar surface area (TPSA) is 63.4 Å². The zero-order chi connectivity index (χ0) is 13.0. The summed E-state index contributed by atoms with van der Waals surface area (Å²) in [5.41, 5.74) is 0.653. The first kappa shape index (κ1) is 12.6. The molecule has 0 heterocycles. The molecule has 1 saturated carbocycles. The van der Waals surface area contributed by atoms with E-state index >= 15 is 0 Å². The van der Waals surface area contributed by atoms with Gasteiger partial charge in [-0.05, 0) is 25.0 Å². The van der Waals surface area contributed by atoms with Crippen LogP contribution in [0.3, 0.4) is 0 Å². The molecule has 0 spiro atoms. The van der Waals surface area contributed by atoms with Crippen LogP contribution < -0.4 is 0 Å². The van der Waals surface area contributed by atoms with E-state index in [-0.39, 0.29) is 11.6 Å². The lowest BCUT2D eigenvalue weighted by molar-refractivity contribution is -0.500. The Morgan fingerprint density at radius 2 is 1.94 bits per heavy atom. The van der Waals surface area contributed by atoms with E-state index in [0.29, 0.717) is 5.56 Å². The summed E-state index contributed by atoms with van der Waals surface area (Å²) in [6.07, 6.45) is 6.57. The lowest BCUT2D eigenvalue weighted by Crippen LogP contribution is -2.25. The van der Waals surface area contributed by atoms with Gasteiger partial charge in [-0.1, -0.05) is 18.6 Å². The highest BCUT2D eigenvalue weighted by Gasteiger charge is 2.20. The second-order valence-corrected chi connectivity index (χ2v) is 4.67. The van der Waals surface area contributed by atoms with E-state index in [1.165, 1.54) is 18.7 Å². The van der Waals surface area contributed by atoms with E-state index in [1.54, 1.807) is 18.2 Å². The molecule has 0 bridgehead atoms. The zero-order valence-electron chi connectivity index (χ0n) is 10.2. The molecule has 1 aliphatic carbocycles. The molecule has 1 fully saturated rings. The van der Waals surface area contributed by atoms with Crippen molar-refractivity contribution in [1.82, 2.24) is 0 Å². The Labute approximate surface area is 106 Å². The van der Waals surface area contributed by atoms with Crippen molar-refractivity contribution in [3.63, 3.8) is 0 Å². The minimum atomic E-state index is -1.00. The Kier molecular flexibility index (Phi) is 3.97. The molecule has 0 saturated heterocycles. The predicted octanol–water partition coefficient (Wildman–Crippen LogP) is 2.65. The van der Waals surface area contributed by atoms with Crippen molar-refractivity contribution >= 4 is 12.2 Å². The molecule has 0 aromatic heterocycles. The van der Waals surface area contributed by atoms with Crippen LogP contribution in [0, 0.1) is 5.21 Å². The van der Waals surface area contributed by atoms with Gasteiger partial charge in [-0.15, -0.1) is 0 Å². The average molecular weight is 247 g/mol. The average Bonchev–Trinajstić information content (AvgIpc) is 2.40. The summed E-state index contributed by atoms with van der Waals surface area (Å²) in [5.74, 6) is -1.00. The first-order valence-corrected chi connectivity index (χ1v) is 6.31. The van der Waals surface area contributed by atoms with Crippen LogP contribution >= 0.6 is 0 Å². The van der Waals surface area contributed by atoms with Gasteiger partial charge in [0.25, 0.3) is 0 Å².